The Hall–Kier alpha value is -0.570. The molecule has 1 atom stereocenters. The molecule has 1 saturated carbocycles. The second-order valence-corrected chi connectivity index (χ2v) is 4.87. The molecule has 1 heterocycles. The highest BCUT2D eigenvalue weighted by atomic mass is 16.4. The Morgan fingerprint density at radius 2 is 2.14 bits per heavy atom. The van der Waals surface area contributed by atoms with Crippen LogP contribution >= 0.6 is 0 Å². The summed E-state index contributed by atoms with van der Waals surface area (Å²) in [4.78, 5) is 11.3. The molecule has 80 valence electrons. The van der Waals surface area contributed by atoms with Crippen molar-refractivity contribution in [2.75, 3.05) is 13.1 Å². The molecule has 0 aromatic heterocycles. The van der Waals surface area contributed by atoms with Crippen LogP contribution in [0, 0.1) is 11.3 Å². The number of carboxylic acid groups (broad SMARTS) is 1. The summed E-state index contributed by atoms with van der Waals surface area (Å²) in [5.74, 6) is 0.0837. The molecule has 2 fully saturated rings. The number of aliphatic carboxylic acids is 1. The molecular weight excluding hydrogens is 178 g/mol. The summed E-state index contributed by atoms with van der Waals surface area (Å²) in [7, 11) is 0. The monoisotopic (exact) mass is 197 g/mol. The first kappa shape index (κ1) is 9.97. The molecular formula is C11H19NO2. The van der Waals surface area contributed by atoms with E-state index in [0.717, 1.165) is 19.4 Å². The fourth-order valence-electron chi connectivity index (χ4n) is 2.95. The van der Waals surface area contributed by atoms with Crippen LogP contribution in [0.3, 0.4) is 0 Å². The Kier molecular flexibility index (Phi) is 2.77. The van der Waals surface area contributed by atoms with Gasteiger partial charge in [-0.2, -0.15) is 0 Å². The van der Waals surface area contributed by atoms with Crippen molar-refractivity contribution < 1.29 is 9.90 Å². The van der Waals surface area contributed by atoms with E-state index in [0.29, 0.717) is 12.5 Å². The maximum Gasteiger partial charge on any atom is 0.310 e. The van der Waals surface area contributed by atoms with E-state index < -0.39 is 11.4 Å². The Balaban J connectivity index is 1.99. The van der Waals surface area contributed by atoms with E-state index in [9.17, 15) is 9.90 Å². The number of hydrogen-bond acceptors (Lipinski definition) is 2. The molecule has 3 nitrogen and oxygen atoms in total. The van der Waals surface area contributed by atoms with Crippen LogP contribution in [0.4, 0.5) is 0 Å². The fourth-order valence-corrected chi connectivity index (χ4v) is 2.95. The van der Waals surface area contributed by atoms with Crippen LogP contribution in [-0.2, 0) is 4.79 Å². The lowest BCUT2D eigenvalue weighted by Crippen LogP contribution is -2.35. The third-order valence-electron chi connectivity index (χ3n) is 3.85. The molecule has 14 heavy (non-hydrogen) atoms. The molecule has 0 amide bonds. The SMILES string of the molecule is O=C(O)C1(CC2CCCC2)CCNC1. The van der Waals surface area contributed by atoms with Gasteiger partial charge in [0.1, 0.15) is 0 Å². The summed E-state index contributed by atoms with van der Waals surface area (Å²) < 4.78 is 0. The predicted molar refractivity (Wildman–Crippen MR) is 54.1 cm³/mol. The highest BCUT2D eigenvalue weighted by Crippen LogP contribution is 2.39. The maximum absolute atomic E-state index is 11.3. The molecule has 0 bridgehead atoms. The average Bonchev–Trinajstić information content (AvgIpc) is 2.76. The van der Waals surface area contributed by atoms with Crippen molar-refractivity contribution in [3.8, 4) is 0 Å². The van der Waals surface area contributed by atoms with E-state index >= 15 is 0 Å². The van der Waals surface area contributed by atoms with Crippen molar-refractivity contribution in [2.24, 2.45) is 11.3 Å². The number of hydrogen-bond donors (Lipinski definition) is 2. The van der Waals surface area contributed by atoms with Gasteiger partial charge in [0.05, 0.1) is 5.41 Å². The number of carbonyl (C=O) groups is 1. The first-order valence-corrected chi connectivity index (χ1v) is 5.67. The molecule has 2 N–H and O–H groups in total. The van der Waals surface area contributed by atoms with Crippen LogP contribution in [0.15, 0.2) is 0 Å². The second kappa shape index (κ2) is 3.89. The van der Waals surface area contributed by atoms with Gasteiger partial charge in [-0.25, -0.2) is 0 Å². The van der Waals surface area contributed by atoms with Crippen molar-refractivity contribution in [1.29, 1.82) is 0 Å². The van der Waals surface area contributed by atoms with Gasteiger partial charge in [-0.1, -0.05) is 25.7 Å². The quantitative estimate of drug-likeness (QED) is 0.723. The number of nitrogens with one attached hydrogen (secondary N) is 1. The number of rotatable bonds is 3. The Morgan fingerprint density at radius 3 is 2.64 bits per heavy atom. The van der Waals surface area contributed by atoms with Gasteiger partial charge in [-0.05, 0) is 25.3 Å². The molecule has 0 aromatic carbocycles. The third kappa shape index (κ3) is 1.78. The zero-order valence-electron chi connectivity index (χ0n) is 8.59. The average molecular weight is 197 g/mol. The summed E-state index contributed by atoms with van der Waals surface area (Å²) in [6, 6.07) is 0. The van der Waals surface area contributed by atoms with E-state index in [1.54, 1.807) is 0 Å². The van der Waals surface area contributed by atoms with Crippen molar-refractivity contribution in [3.63, 3.8) is 0 Å². The smallest absolute Gasteiger partial charge is 0.310 e. The summed E-state index contributed by atoms with van der Waals surface area (Å²) in [5.41, 5.74) is -0.436. The molecule has 0 radical (unpaired) electrons. The molecule has 1 aliphatic carbocycles. The molecule has 3 heteroatoms. The standard InChI is InChI=1S/C11H19NO2/c13-10(14)11(5-6-12-8-11)7-9-3-1-2-4-9/h9,12H,1-8H2,(H,13,14). The Bertz CT molecular complexity index is 215. The van der Waals surface area contributed by atoms with Crippen LogP contribution in [-0.4, -0.2) is 24.2 Å². The Morgan fingerprint density at radius 1 is 1.43 bits per heavy atom. The first-order chi connectivity index (χ1) is 6.73. The zero-order valence-corrected chi connectivity index (χ0v) is 8.59. The van der Waals surface area contributed by atoms with Crippen molar-refractivity contribution in [2.45, 2.75) is 38.5 Å². The molecule has 0 spiro atoms. The van der Waals surface area contributed by atoms with Crippen LogP contribution < -0.4 is 5.32 Å². The lowest BCUT2D eigenvalue weighted by Gasteiger charge is -2.26. The summed E-state index contributed by atoms with van der Waals surface area (Å²) in [5, 5.41) is 12.5. The minimum atomic E-state index is -0.589. The largest absolute Gasteiger partial charge is 0.481 e. The highest BCUT2D eigenvalue weighted by molar-refractivity contribution is 5.75. The number of carboxylic acids is 1. The van der Waals surface area contributed by atoms with E-state index in [1.165, 1.54) is 25.7 Å². The lowest BCUT2D eigenvalue weighted by atomic mass is 9.78. The van der Waals surface area contributed by atoms with Crippen LogP contribution in [0.5, 0.6) is 0 Å². The second-order valence-electron chi connectivity index (χ2n) is 4.87. The summed E-state index contributed by atoms with van der Waals surface area (Å²) in [6.07, 6.45) is 6.81. The van der Waals surface area contributed by atoms with Gasteiger partial charge < -0.3 is 10.4 Å². The Labute approximate surface area is 84.9 Å². The minimum Gasteiger partial charge on any atom is -0.481 e. The fraction of sp³-hybridized carbons (Fsp3) is 0.909. The van der Waals surface area contributed by atoms with E-state index in [4.69, 9.17) is 0 Å². The minimum absolute atomic E-state index is 0.436. The van der Waals surface area contributed by atoms with Crippen LogP contribution in [0.1, 0.15) is 38.5 Å². The van der Waals surface area contributed by atoms with Gasteiger partial charge >= 0.3 is 5.97 Å². The first-order valence-electron chi connectivity index (χ1n) is 5.67. The molecule has 0 aromatic rings. The third-order valence-corrected chi connectivity index (χ3v) is 3.85. The predicted octanol–water partition coefficient (Wildman–Crippen LogP) is 1.63. The van der Waals surface area contributed by atoms with Gasteiger partial charge in [0.25, 0.3) is 0 Å². The summed E-state index contributed by atoms with van der Waals surface area (Å²) in [6.45, 7) is 1.55. The molecule has 1 saturated heterocycles. The topological polar surface area (TPSA) is 49.3 Å². The zero-order chi connectivity index (χ0) is 10.0. The van der Waals surface area contributed by atoms with Gasteiger partial charge in [0.15, 0.2) is 0 Å². The highest BCUT2D eigenvalue weighted by Gasteiger charge is 2.43. The molecule has 1 aliphatic heterocycles. The maximum atomic E-state index is 11.3. The molecule has 2 aliphatic rings. The van der Waals surface area contributed by atoms with Gasteiger partial charge in [0.2, 0.25) is 0 Å². The van der Waals surface area contributed by atoms with E-state index in [2.05, 4.69) is 5.32 Å². The van der Waals surface area contributed by atoms with E-state index in [-0.39, 0.29) is 0 Å². The van der Waals surface area contributed by atoms with Gasteiger partial charge in [-0.15, -0.1) is 0 Å². The van der Waals surface area contributed by atoms with Gasteiger partial charge in [-0.3, -0.25) is 4.79 Å². The lowest BCUT2D eigenvalue weighted by molar-refractivity contribution is -0.148. The van der Waals surface area contributed by atoms with E-state index in [1.807, 2.05) is 0 Å². The van der Waals surface area contributed by atoms with Crippen molar-refractivity contribution in [1.82, 2.24) is 5.32 Å². The van der Waals surface area contributed by atoms with Crippen molar-refractivity contribution in [3.05, 3.63) is 0 Å². The van der Waals surface area contributed by atoms with Crippen molar-refractivity contribution >= 4 is 5.97 Å². The van der Waals surface area contributed by atoms with Gasteiger partial charge in [0, 0.05) is 6.54 Å². The summed E-state index contributed by atoms with van der Waals surface area (Å²) >= 11 is 0. The molecule has 2 rings (SSSR count). The molecule has 1 unspecified atom stereocenters. The normalized spacial score (nSPS) is 33.7. The van der Waals surface area contributed by atoms with Crippen LogP contribution in [0.2, 0.25) is 0 Å². The van der Waals surface area contributed by atoms with Crippen LogP contribution in [0.25, 0.3) is 0 Å².